The third kappa shape index (κ3) is 4.08. The maximum absolute atomic E-state index is 12.6. The monoisotopic (exact) mass is 437 g/mol. The number of thioether (sulfide) groups is 1. The van der Waals surface area contributed by atoms with Crippen molar-refractivity contribution in [2.75, 3.05) is 7.11 Å². The summed E-state index contributed by atoms with van der Waals surface area (Å²) in [7, 11) is 1.59. The normalized spacial score (nSPS) is 16.0. The van der Waals surface area contributed by atoms with E-state index in [1.807, 2.05) is 12.1 Å². The topological polar surface area (TPSA) is 46.6 Å². The number of rotatable bonds is 4. The first-order valence-electron chi connectivity index (χ1n) is 7.31. The lowest BCUT2D eigenvalue weighted by Gasteiger charge is -2.12. The van der Waals surface area contributed by atoms with E-state index in [-0.39, 0.29) is 17.7 Å². The summed E-state index contributed by atoms with van der Waals surface area (Å²) >= 11 is 10.2. The van der Waals surface area contributed by atoms with Crippen molar-refractivity contribution in [3.8, 4) is 5.75 Å². The molecular formula is C18H13BrClNO3S. The van der Waals surface area contributed by atoms with Crippen molar-refractivity contribution in [2.45, 2.75) is 6.54 Å². The van der Waals surface area contributed by atoms with Crippen LogP contribution in [0.15, 0.2) is 51.8 Å². The molecule has 25 heavy (non-hydrogen) atoms. The van der Waals surface area contributed by atoms with E-state index in [9.17, 15) is 9.59 Å². The summed E-state index contributed by atoms with van der Waals surface area (Å²) in [6.45, 7) is 0.228. The SMILES string of the molecule is COc1ccc(/C=C2/SC(=O)N(Cc3ccc(Cl)cc3)C2=O)cc1Br. The Morgan fingerprint density at radius 2 is 1.92 bits per heavy atom. The van der Waals surface area contributed by atoms with Crippen LogP contribution < -0.4 is 4.74 Å². The van der Waals surface area contributed by atoms with Gasteiger partial charge in [-0.3, -0.25) is 14.5 Å². The maximum Gasteiger partial charge on any atom is 0.293 e. The molecular weight excluding hydrogens is 426 g/mol. The predicted molar refractivity (Wildman–Crippen MR) is 104 cm³/mol. The summed E-state index contributed by atoms with van der Waals surface area (Å²) in [4.78, 5) is 26.4. The Balaban J connectivity index is 1.80. The standard InChI is InChI=1S/C18H13BrClNO3S/c1-24-15-7-4-12(8-14(15)19)9-16-17(22)21(18(23)25-16)10-11-2-5-13(20)6-3-11/h2-9H,10H2,1H3/b16-9+. The summed E-state index contributed by atoms with van der Waals surface area (Å²) in [5.41, 5.74) is 1.66. The van der Waals surface area contributed by atoms with Gasteiger partial charge in [0.25, 0.3) is 11.1 Å². The highest BCUT2D eigenvalue weighted by Crippen LogP contribution is 2.34. The molecule has 1 aliphatic heterocycles. The lowest BCUT2D eigenvalue weighted by atomic mass is 10.2. The highest BCUT2D eigenvalue weighted by molar-refractivity contribution is 9.10. The molecule has 4 nitrogen and oxygen atoms in total. The number of carbonyl (C=O) groups is 2. The Labute approximate surface area is 162 Å². The number of carbonyl (C=O) groups excluding carboxylic acids is 2. The van der Waals surface area contributed by atoms with Gasteiger partial charge in [0.1, 0.15) is 5.75 Å². The van der Waals surface area contributed by atoms with Crippen molar-refractivity contribution in [3.05, 3.63) is 68.0 Å². The number of ether oxygens (including phenoxy) is 1. The number of nitrogens with zero attached hydrogens (tertiary/aromatic N) is 1. The highest BCUT2D eigenvalue weighted by atomic mass is 79.9. The molecule has 3 rings (SSSR count). The molecule has 2 aromatic carbocycles. The second-order valence-corrected chi connectivity index (χ2v) is 7.57. The molecule has 0 saturated carbocycles. The third-order valence-corrected chi connectivity index (χ3v) is 5.38. The van der Waals surface area contributed by atoms with Crippen LogP contribution in [0.4, 0.5) is 4.79 Å². The van der Waals surface area contributed by atoms with Gasteiger partial charge in [-0.15, -0.1) is 0 Å². The molecule has 0 aliphatic carbocycles. The Bertz CT molecular complexity index is 867. The predicted octanol–water partition coefficient (Wildman–Crippen LogP) is 5.35. The molecule has 0 unspecified atom stereocenters. The maximum atomic E-state index is 12.6. The highest BCUT2D eigenvalue weighted by Gasteiger charge is 2.34. The van der Waals surface area contributed by atoms with Crippen LogP contribution in [0.2, 0.25) is 5.02 Å². The van der Waals surface area contributed by atoms with Crippen molar-refractivity contribution in [1.29, 1.82) is 0 Å². The van der Waals surface area contributed by atoms with Gasteiger partial charge in [-0.25, -0.2) is 0 Å². The number of hydrogen-bond acceptors (Lipinski definition) is 4. The summed E-state index contributed by atoms with van der Waals surface area (Å²) in [6, 6.07) is 12.5. The zero-order valence-corrected chi connectivity index (χ0v) is 16.3. The van der Waals surface area contributed by atoms with Crippen LogP contribution in [0.3, 0.4) is 0 Å². The molecule has 2 aromatic rings. The molecule has 1 fully saturated rings. The van der Waals surface area contributed by atoms with Crippen molar-refractivity contribution >= 4 is 56.5 Å². The molecule has 1 saturated heterocycles. The number of hydrogen-bond donors (Lipinski definition) is 0. The van der Waals surface area contributed by atoms with E-state index in [0.29, 0.717) is 15.7 Å². The summed E-state index contributed by atoms with van der Waals surface area (Å²) in [5.74, 6) is 0.407. The number of amides is 2. The number of methoxy groups -OCH3 is 1. The first kappa shape index (κ1) is 18.0. The summed E-state index contributed by atoms with van der Waals surface area (Å²) < 4.78 is 5.97. The lowest BCUT2D eigenvalue weighted by Crippen LogP contribution is -2.27. The Kier molecular flexibility index (Phi) is 5.51. The van der Waals surface area contributed by atoms with Gasteiger partial charge in [-0.1, -0.05) is 29.8 Å². The van der Waals surface area contributed by atoms with Crippen LogP contribution >= 0.6 is 39.3 Å². The van der Waals surface area contributed by atoms with Gasteiger partial charge < -0.3 is 4.74 Å². The minimum atomic E-state index is -0.295. The average Bonchev–Trinajstić information content (AvgIpc) is 2.84. The zero-order valence-electron chi connectivity index (χ0n) is 13.2. The molecule has 0 atom stereocenters. The average molecular weight is 439 g/mol. The van der Waals surface area contributed by atoms with Gasteiger partial charge in [0, 0.05) is 5.02 Å². The fraction of sp³-hybridized carbons (Fsp3) is 0.111. The van der Waals surface area contributed by atoms with Crippen LogP contribution in [0.1, 0.15) is 11.1 Å². The molecule has 0 radical (unpaired) electrons. The van der Waals surface area contributed by atoms with Gasteiger partial charge >= 0.3 is 0 Å². The lowest BCUT2D eigenvalue weighted by molar-refractivity contribution is -0.123. The van der Waals surface area contributed by atoms with Gasteiger partial charge in [-0.05, 0) is 69.2 Å². The minimum Gasteiger partial charge on any atom is -0.496 e. The van der Waals surface area contributed by atoms with E-state index in [1.165, 1.54) is 4.90 Å². The number of halogens is 2. The Hall–Kier alpha value is -1.76. The molecule has 0 spiro atoms. The smallest absolute Gasteiger partial charge is 0.293 e. The third-order valence-electron chi connectivity index (χ3n) is 3.60. The van der Waals surface area contributed by atoms with Crippen LogP contribution in [0.5, 0.6) is 5.75 Å². The van der Waals surface area contributed by atoms with Crippen molar-refractivity contribution in [2.24, 2.45) is 0 Å². The fourth-order valence-electron chi connectivity index (χ4n) is 2.33. The number of imide groups is 1. The second kappa shape index (κ2) is 7.64. The largest absolute Gasteiger partial charge is 0.496 e. The summed E-state index contributed by atoms with van der Waals surface area (Å²) in [5, 5.41) is 0.335. The molecule has 1 aliphatic rings. The number of benzene rings is 2. The molecule has 0 bridgehead atoms. The quantitative estimate of drug-likeness (QED) is 0.604. The fourth-order valence-corrected chi connectivity index (χ4v) is 3.86. The second-order valence-electron chi connectivity index (χ2n) is 5.29. The summed E-state index contributed by atoms with van der Waals surface area (Å²) in [6.07, 6.45) is 1.71. The van der Waals surface area contributed by atoms with Gasteiger partial charge in [-0.2, -0.15) is 0 Å². The zero-order chi connectivity index (χ0) is 18.0. The van der Waals surface area contributed by atoms with Gasteiger partial charge in [0.2, 0.25) is 0 Å². The molecule has 1 heterocycles. The first-order chi connectivity index (χ1) is 12.0. The minimum absolute atomic E-state index is 0.228. The Morgan fingerprint density at radius 1 is 1.20 bits per heavy atom. The molecule has 0 N–H and O–H groups in total. The van der Waals surface area contributed by atoms with E-state index in [2.05, 4.69) is 15.9 Å². The van der Waals surface area contributed by atoms with Crippen LogP contribution in [0, 0.1) is 0 Å². The van der Waals surface area contributed by atoms with E-state index in [0.717, 1.165) is 27.4 Å². The van der Waals surface area contributed by atoms with E-state index in [1.54, 1.807) is 43.5 Å². The van der Waals surface area contributed by atoms with Crippen LogP contribution in [-0.4, -0.2) is 23.2 Å². The van der Waals surface area contributed by atoms with Gasteiger partial charge in [0.05, 0.1) is 23.0 Å². The molecule has 7 heteroatoms. The van der Waals surface area contributed by atoms with E-state index < -0.39 is 0 Å². The molecule has 0 aromatic heterocycles. The van der Waals surface area contributed by atoms with E-state index >= 15 is 0 Å². The first-order valence-corrected chi connectivity index (χ1v) is 9.30. The molecule has 2 amide bonds. The van der Waals surface area contributed by atoms with Crippen molar-refractivity contribution in [1.82, 2.24) is 4.90 Å². The van der Waals surface area contributed by atoms with Crippen LogP contribution in [0.25, 0.3) is 6.08 Å². The van der Waals surface area contributed by atoms with Crippen molar-refractivity contribution in [3.63, 3.8) is 0 Å². The van der Waals surface area contributed by atoms with Crippen LogP contribution in [-0.2, 0) is 11.3 Å². The molecule has 128 valence electrons. The van der Waals surface area contributed by atoms with Gasteiger partial charge in [0.15, 0.2) is 0 Å². The Morgan fingerprint density at radius 3 is 2.56 bits per heavy atom. The van der Waals surface area contributed by atoms with E-state index in [4.69, 9.17) is 16.3 Å². The van der Waals surface area contributed by atoms with Crippen molar-refractivity contribution < 1.29 is 14.3 Å².